The number of unbranched alkanes of at least 4 members (excludes halogenated alkanes) is 1. The lowest BCUT2D eigenvalue weighted by Gasteiger charge is -2.28. The second-order valence-electron chi connectivity index (χ2n) is 5.44. The van der Waals surface area contributed by atoms with Crippen LogP contribution < -0.4 is 5.32 Å². The molecule has 0 atom stereocenters. The van der Waals surface area contributed by atoms with Gasteiger partial charge in [0.05, 0.1) is 0 Å². The predicted molar refractivity (Wildman–Crippen MR) is 73.9 cm³/mol. The Morgan fingerprint density at radius 3 is 2.19 bits per heavy atom. The van der Waals surface area contributed by atoms with Gasteiger partial charge in [0.2, 0.25) is 0 Å². The second-order valence-corrected chi connectivity index (χ2v) is 5.44. The first kappa shape index (κ1) is 15.9. The van der Waals surface area contributed by atoms with Crippen molar-refractivity contribution in [3.05, 3.63) is 0 Å². The molecule has 0 aromatic rings. The van der Waals surface area contributed by atoms with E-state index in [4.69, 9.17) is 0 Å². The van der Waals surface area contributed by atoms with E-state index in [1.807, 2.05) is 0 Å². The Bertz CT molecular complexity index is 144. The summed E-state index contributed by atoms with van der Waals surface area (Å²) < 4.78 is 0. The fourth-order valence-corrected chi connectivity index (χ4v) is 1.90. The molecule has 0 aliphatic rings. The first-order chi connectivity index (χ1) is 7.57. The molecule has 0 fully saturated rings. The van der Waals surface area contributed by atoms with Crippen molar-refractivity contribution >= 4 is 0 Å². The SMILES string of the molecule is CCCNCCCCN(CC(C)C)C(C)C. The van der Waals surface area contributed by atoms with Crippen LogP contribution in [0.15, 0.2) is 0 Å². The molecule has 0 spiro atoms. The van der Waals surface area contributed by atoms with E-state index in [-0.39, 0.29) is 0 Å². The van der Waals surface area contributed by atoms with Gasteiger partial charge in [-0.15, -0.1) is 0 Å². The number of nitrogens with zero attached hydrogens (tertiary/aromatic N) is 1. The van der Waals surface area contributed by atoms with Gasteiger partial charge in [-0.2, -0.15) is 0 Å². The minimum atomic E-state index is 0.686. The highest BCUT2D eigenvalue weighted by Gasteiger charge is 2.10. The van der Waals surface area contributed by atoms with Gasteiger partial charge >= 0.3 is 0 Å². The number of hydrogen-bond donors (Lipinski definition) is 1. The largest absolute Gasteiger partial charge is 0.317 e. The zero-order valence-corrected chi connectivity index (χ0v) is 12.1. The molecule has 0 aliphatic carbocycles. The number of rotatable bonds is 10. The van der Waals surface area contributed by atoms with Crippen LogP contribution in [0.25, 0.3) is 0 Å². The van der Waals surface area contributed by atoms with Crippen molar-refractivity contribution in [2.75, 3.05) is 26.2 Å². The molecule has 0 aromatic carbocycles. The third-order valence-electron chi connectivity index (χ3n) is 2.81. The first-order valence-electron chi connectivity index (χ1n) is 7.02. The summed E-state index contributed by atoms with van der Waals surface area (Å²) in [7, 11) is 0. The Labute approximate surface area is 103 Å². The van der Waals surface area contributed by atoms with E-state index in [1.165, 1.54) is 45.4 Å². The Hall–Kier alpha value is -0.0800. The molecule has 2 nitrogen and oxygen atoms in total. The van der Waals surface area contributed by atoms with E-state index in [1.54, 1.807) is 0 Å². The molecule has 98 valence electrons. The molecule has 0 radical (unpaired) electrons. The maximum Gasteiger partial charge on any atom is 0.00387 e. The Morgan fingerprint density at radius 1 is 1.00 bits per heavy atom. The van der Waals surface area contributed by atoms with Gasteiger partial charge in [-0.1, -0.05) is 20.8 Å². The van der Waals surface area contributed by atoms with Crippen LogP contribution in [0.4, 0.5) is 0 Å². The molecular formula is C14H32N2. The van der Waals surface area contributed by atoms with E-state index in [0.717, 1.165) is 5.92 Å². The van der Waals surface area contributed by atoms with Gasteiger partial charge in [0.15, 0.2) is 0 Å². The van der Waals surface area contributed by atoms with E-state index < -0.39 is 0 Å². The smallest absolute Gasteiger partial charge is 0.00387 e. The molecule has 0 unspecified atom stereocenters. The van der Waals surface area contributed by atoms with Gasteiger partial charge in [-0.25, -0.2) is 0 Å². The average molecular weight is 228 g/mol. The Kier molecular flexibility index (Phi) is 10.0. The van der Waals surface area contributed by atoms with E-state index in [2.05, 4.69) is 44.8 Å². The van der Waals surface area contributed by atoms with Gasteiger partial charge in [-0.05, 0) is 58.7 Å². The lowest BCUT2D eigenvalue weighted by atomic mass is 10.1. The molecular weight excluding hydrogens is 196 g/mol. The van der Waals surface area contributed by atoms with Crippen LogP contribution in [0.2, 0.25) is 0 Å². The average Bonchev–Trinajstić information content (AvgIpc) is 2.20. The van der Waals surface area contributed by atoms with Crippen LogP contribution in [-0.4, -0.2) is 37.1 Å². The lowest BCUT2D eigenvalue weighted by Crippen LogP contribution is -2.35. The van der Waals surface area contributed by atoms with Crippen LogP contribution >= 0.6 is 0 Å². The van der Waals surface area contributed by atoms with Crippen LogP contribution in [0.3, 0.4) is 0 Å². The van der Waals surface area contributed by atoms with Gasteiger partial charge in [-0.3, -0.25) is 0 Å². The first-order valence-corrected chi connectivity index (χ1v) is 7.02. The summed E-state index contributed by atoms with van der Waals surface area (Å²) in [6, 6.07) is 0.686. The van der Waals surface area contributed by atoms with Crippen molar-refractivity contribution in [3.63, 3.8) is 0 Å². The normalized spacial score (nSPS) is 12.0. The summed E-state index contributed by atoms with van der Waals surface area (Å²) in [6.07, 6.45) is 3.87. The monoisotopic (exact) mass is 228 g/mol. The molecule has 0 aliphatic heterocycles. The number of nitrogens with one attached hydrogen (secondary N) is 1. The molecule has 0 heterocycles. The maximum atomic E-state index is 3.46. The zero-order chi connectivity index (χ0) is 12.4. The summed E-state index contributed by atoms with van der Waals surface area (Å²) in [6.45, 7) is 16.3. The third kappa shape index (κ3) is 9.17. The highest BCUT2D eigenvalue weighted by atomic mass is 15.1. The predicted octanol–water partition coefficient (Wildman–Crippen LogP) is 3.13. The standard InChI is InChI=1S/C14H32N2/c1-6-9-15-10-7-8-11-16(14(4)5)12-13(2)3/h13-15H,6-12H2,1-5H3. The summed E-state index contributed by atoms with van der Waals surface area (Å²) in [5, 5.41) is 3.46. The van der Waals surface area contributed by atoms with E-state index in [0.29, 0.717) is 6.04 Å². The van der Waals surface area contributed by atoms with Gasteiger partial charge in [0.1, 0.15) is 0 Å². The van der Waals surface area contributed by atoms with Crippen molar-refractivity contribution in [1.29, 1.82) is 0 Å². The summed E-state index contributed by atoms with van der Waals surface area (Å²) >= 11 is 0. The van der Waals surface area contributed by atoms with Crippen molar-refractivity contribution in [2.45, 2.75) is 59.9 Å². The molecule has 0 bridgehead atoms. The van der Waals surface area contributed by atoms with Gasteiger partial charge in [0.25, 0.3) is 0 Å². The third-order valence-corrected chi connectivity index (χ3v) is 2.81. The van der Waals surface area contributed by atoms with E-state index in [9.17, 15) is 0 Å². The fraction of sp³-hybridized carbons (Fsp3) is 1.00. The van der Waals surface area contributed by atoms with E-state index >= 15 is 0 Å². The Morgan fingerprint density at radius 2 is 1.69 bits per heavy atom. The zero-order valence-electron chi connectivity index (χ0n) is 12.1. The lowest BCUT2D eigenvalue weighted by molar-refractivity contribution is 0.194. The van der Waals surface area contributed by atoms with Crippen molar-refractivity contribution in [2.24, 2.45) is 5.92 Å². The Balaban J connectivity index is 3.52. The second kappa shape index (κ2) is 10.1. The highest BCUT2D eigenvalue weighted by molar-refractivity contribution is 4.65. The van der Waals surface area contributed by atoms with Crippen molar-refractivity contribution < 1.29 is 0 Å². The minimum absolute atomic E-state index is 0.686. The minimum Gasteiger partial charge on any atom is -0.317 e. The molecule has 2 heteroatoms. The van der Waals surface area contributed by atoms with Crippen LogP contribution in [0.1, 0.15) is 53.9 Å². The number of hydrogen-bond acceptors (Lipinski definition) is 2. The topological polar surface area (TPSA) is 15.3 Å². The van der Waals surface area contributed by atoms with Crippen LogP contribution in [0.5, 0.6) is 0 Å². The molecule has 0 amide bonds. The molecule has 16 heavy (non-hydrogen) atoms. The molecule has 0 rings (SSSR count). The molecule has 0 saturated carbocycles. The summed E-state index contributed by atoms with van der Waals surface area (Å²) in [5.41, 5.74) is 0. The highest BCUT2D eigenvalue weighted by Crippen LogP contribution is 2.05. The molecule has 0 saturated heterocycles. The van der Waals surface area contributed by atoms with Crippen molar-refractivity contribution in [1.82, 2.24) is 10.2 Å². The summed E-state index contributed by atoms with van der Waals surface area (Å²) in [4.78, 5) is 2.60. The molecule has 0 aromatic heterocycles. The molecule has 1 N–H and O–H groups in total. The van der Waals surface area contributed by atoms with Crippen LogP contribution in [-0.2, 0) is 0 Å². The summed E-state index contributed by atoms with van der Waals surface area (Å²) in [5.74, 6) is 0.778. The van der Waals surface area contributed by atoms with Gasteiger partial charge in [0, 0.05) is 12.6 Å². The van der Waals surface area contributed by atoms with Gasteiger partial charge < -0.3 is 10.2 Å². The fourth-order valence-electron chi connectivity index (χ4n) is 1.90. The van der Waals surface area contributed by atoms with Crippen LogP contribution in [0, 0.1) is 5.92 Å². The van der Waals surface area contributed by atoms with Crippen molar-refractivity contribution in [3.8, 4) is 0 Å². The quantitative estimate of drug-likeness (QED) is 0.578. The maximum absolute atomic E-state index is 3.46.